The minimum absolute atomic E-state index is 0.0593. The Morgan fingerprint density at radius 1 is 0.900 bits per heavy atom. The molecule has 2 heterocycles. The van der Waals surface area contributed by atoms with Gasteiger partial charge in [0, 0.05) is 6.54 Å². The van der Waals surface area contributed by atoms with E-state index >= 15 is 0 Å². The van der Waals surface area contributed by atoms with E-state index in [0.717, 1.165) is 30.1 Å². The monoisotopic (exact) mass is 408 g/mol. The van der Waals surface area contributed by atoms with E-state index in [2.05, 4.69) is 17.0 Å². The van der Waals surface area contributed by atoms with E-state index in [1.54, 1.807) is 24.3 Å². The number of nitrogens with zero attached hydrogens (tertiary/aromatic N) is 2. The summed E-state index contributed by atoms with van der Waals surface area (Å²) in [5.74, 6) is -0.722. The number of β-amino-alcohol motifs (C(OH)–C–C–N with tert-alkyl or cyclic N) is 1. The molecule has 1 fully saturated rings. The Morgan fingerprint density at radius 3 is 2.27 bits per heavy atom. The van der Waals surface area contributed by atoms with E-state index in [0.29, 0.717) is 17.7 Å². The Hall–Kier alpha value is -2.54. The van der Waals surface area contributed by atoms with Crippen molar-refractivity contribution < 1.29 is 19.4 Å². The molecular formula is C24H28N2O4. The van der Waals surface area contributed by atoms with Crippen molar-refractivity contribution in [1.29, 1.82) is 0 Å². The van der Waals surface area contributed by atoms with Gasteiger partial charge in [0.25, 0.3) is 11.8 Å². The molecule has 1 atom stereocenters. The van der Waals surface area contributed by atoms with Crippen LogP contribution in [0.3, 0.4) is 0 Å². The van der Waals surface area contributed by atoms with Gasteiger partial charge in [0.2, 0.25) is 0 Å². The predicted octanol–water partition coefficient (Wildman–Crippen LogP) is 2.85. The molecule has 2 aliphatic heterocycles. The van der Waals surface area contributed by atoms with Crippen LogP contribution < -0.4 is 0 Å². The Balaban J connectivity index is 1.25. The summed E-state index contributed by atoms with van der Waals surface area (Å²) in [6, 6.07) is 15.0. The van der Waals surface area contributed by atoms with Gasteiger partial charge in [0.05, 0.1) is 37.0 Å². The smallest absolute Gasteiger partial charge is 0.261 e. The predicted molar refractivity (Wildman–Crippen MR) is 113 cm³/mol. The van der Waals surface area contributed by atoms with Gasteiger partial charge in [-0.15, -0.1) is 0 Å². The highest BCUT2D eigenvalue weighted by molar-refractivity contribution is 6.21. The van der Waals surface area contributed by atoms with Gasteiger partial charge in [-0.3, -0.25) is 19.4 Å². The molecule has 0 saturated carbocycles. The second-order valence-corrected chi connectivity index (χ2v) is 8.09. The van der Waals surface area contributed by atoms with Crippen LogP contribution in [0.15, 0.2) is 48.5 Å². The molecule has 2 aliphatic rings. The first-order valence-electron chi connectivity index (χ1n) is 10.6. The average molecular weight is 408 g/mol. The molecule has 2 aromatic rings. The Morgan fingerprint density at radius 2 is 1.57 bits per heavy atom. The van der Waals surface area contributed by atoms with Gasteiger partial charge in [-0.05, 0) is 49.2 Å². The summed E-state index contributed by atoms with van der Waals surface area (Å²) < 4.78 is 5.67. The summed E-state index contributed by atoms with van der Waals surface area (Å²) in [6.07, 6.45) is 2.94. The highest BCUT2D eigenvalue weighted by atomic mass is 16.5. The topological polar surface area (TPSA) is 70.1 Å². The minimum atomic E-state index is -0.927. The van der Waals surface area contributed by atoms with E-state index in [9.17, 15) is 14.7 Å². The number of aliphatic hydroxyl groups is 1. The molecule has 0 radical (unpaired) electrons. The van der Waals surface area contributed by atoms with Crippen LogP contribution >= 0.6 is 0 Å². The quantitative estimate of drug-likeness (QED) is 0.680. The van der Waals surface area contributed by atoms with Crippen LogP contribution in [-0.2, 0) is 17.9 Å². The number of ether oxygens (including phenoxy) is 1. The molecule has 4 rings (SSSR count). The largest absolute Gasteiger partial charge is 0.389 e. The van der Waals surface area contributed by atoms with Gasteiger partial charge in [0.1, 0.15) is 0 Å². The van der Waals surface area contributed by atoms with E-state index in [4.69, 9.17) is 4.74 Å². The lowest BCUT2D eigenvalue weighted by molar-refractivity contribution is 0.0119. The molecule has 1 unspecified atom stereocenters. The van der Waals surface area contributed by atoms with Crippen molar-refractivity contribution in [2.75, 3.05) is 26.2 Å². The van der Waals surface area contributed by atoms with Gasteiger partial charge in [-0.2, -0.15) is 0 Å². The fourth-order valence-electron chi connectivity index (χ4n) is 4.17. The van der Waals surface area contributed by atoms with Crippen LogP contribution in [0.2, 0.25) is 0 Å². The Bertz CT molecular complexity index is 873. The zero-order valence-corrected chi connectivity index (χ0v) is 17.1. The molecule has 30 heavy (non-hydrogen) atoms. The van der Waals surface area contributed by atoms with Crippen molar-refractivity contribution in [2.45, 2.75) is 38.5 Å². The van der Waals surface area contributed by atoms with Gasteiger partial charge in [-0.1, -0.05) is 42.8 Å². The fraction of sp³-hybridized carbons (Fsp3) is 0.417. The first-order valence-corrected chi connectivity index (χ1v) is 10.6. The van der Waals surface area contributed by atoms with Crippen LogP contribution in [0, 0.1) is 0 Å². The lowest BCUT2D eigenvalue weighted by Crippen LogP contribution is -2.38. The zero-order chi connectivity index (χ0) is 20.9. The maximum absolute atomic E-state index is 12.4. The molecule has 0 bridgehead atoms. The fourth-order valence-corrected chi connectivity index (χ4v) is 4.17. The van der Waals surface area contributed by atoms with Crippen LogP contribution in [0.4, 0.5) is 0 Å². The number of piperidine rings is 1. The summed E-state index contributed by atoms with van der Waals surface area (Å²) in [6.45, 7) is 3.64. The van der Waals surface area contributed by atoms with Crippen molar-refractivity contribution in [3.05, 3.63) is 70.8 Å². The number of aliphatic hydroxyl groups excluding tert-OH is 1. The molecule has 158 valence electrons. The van der Waals surface area contributed by atoms with Crippen LogP contribution in [0.5, 0.6) is 0 Å². The number of rotatable bonds is 8. The number of hydrogen-bond donors (Lipinski definition) is 1. The molecular weight excluding hydrogens is 380 g/mol. The van der Waals surface area contributed by atoms with Crippen molar-refractivity contribution in [3.8, 4) is 0 Å². The summed E-state index contributed by atoms with van der Waals surface area (Å²) in [5, 5.41) is 10.3. The number of carbonyl (C=O) groups excluding carboxylic acids is 2. The van der Waals surface area contributed by atoms with Crippen molar-refractivity contribution in [2.24, 2.45) is 0 Å². The molecule has 2 aromatic carbocycles. The molecule has 6 nitrogen and oxygen atoms in total. The average Bonchev–Trinajstić information content (AvgIpc) is 3.00. The molecule has 0 aromatic heterocycles. The molecule has 6 heteroatoms. The molecule has 1 N–H and O–H groups in total. The highest BCUT2D eigenvalue weighted by Crippen LogP contribution is 2.22. The van der Waals surface area contributed by atoms with Gasteiger partial charge >= 0.3 is 0 Å². The minimum Gasteiger partial charge on any atom is -0.389 e. The van der Waals surface area contributed by atoms with Crippen LogP contribution in [-0.4, -0.2) is 59.1 Å². The Kier molecular flexibility index (Phi) is 6.57. The first-order chi connectivity index (χ1) is 14.6. The number of imide groups is 1. The third-order valence-electron chi connectivity index (χ3n) is 5.70. The van der Waals surface area contributed by atoms with Crippen LogP contribution in [0.25, 0.3) is 0 Å². The van der Waals surface area contributed by atoms with Crippen molar-refractivity contribution in [3.63, 3.8) is 0 Å². The summed E-state index contributed by atoms with van der Waals surface area (Å²) in [4.78, 5) is 28.4. The van der Waals surface area contributed by atoms with E-state index in [1.165, 1.54) is 24.8 Å². The molecule has 0 spiro atoms. The van der Waals surface area contributed by atoms with Crippen molar-refractivity contribution in [1.82, 2.24) is 9.80 Å². The maximum Gasteiger partial charge on any atom is 0.261 e. The first kappa shape index (κ1) is 20.7. The summed E-state index contributed by atoms with van der Waals surface area (Å²) in [5.41, 5.74) is 3.10. The maximum atomic E-state index is 12.4. The zero-order valence-electron chi connectivity index (χ0n) is 17.1. The number of amides is 2. The number of benzene rings is 2. The standard InChI is InChI=1S/C24H28N2O4/c27-20(15-26-23(28)21-9-2-3-10-22(21)24(26)29)17-30-16-19-8-6-7-18(13-19)14-25-11-4-1-5-12-25/h2-3,6-10,13,20,27H,1,4-5,11-12,14-17H2. The van der Waals surface area contributed by atoms with E-state index in [1.807, 2.05) is 12.1 Å². The second kappa shape index (κ2) is 9.51. The molecule has 1 saturated heterocycles. The number of likely N-dealkylation sites (tertiary alicyclic amines) is 1. The van der Waals surface area contributed by atoms with Crippen LogP contribution in [0.1, 0.15) is 51.1 Å². The number of fused-ring (bicyclic) bond motifs is 1. The van der Waals surface area contributed by atoms with E-state index < -0.39 is 6.10 Å². The second-order valence-electron chi connectivity index (χ2n) is 8.09. The van der Waals surface area contributed by atoms with Gasteiger partial charge < -0.3 is 9.84 Å². The normalized spacial score (nSPS) is 18.0. The third kappa shape index (κ3) is 4.78. The SMILES string of the molecule is O=C1c2ccccc2C(=O)N1CC(O)COCc1cccc(CN2CCCCC2)c1. The Labute approximate surface area is 177 Å². The third-order valence-corrected chi connectivity index (χ3v) is 5.70. The number of hydrogen-bond acceptors (Lipinski definition) is 5. The summed E-state index contributed by atoms with van der Waals surface area (Å²) in [7, 11) is 0. The number of carbonyl (C=O) groups is 2. The van der Waals surface area contributed by atoms with Gasteiger partial charge in [0.15, 0.2) is 0 Å². The summed E-state index contributed by atoms with van der Waals surface area (Å²) >= 11 is 0. The molecule has 0 aliphatic carbocycles. The highest BCUT2D eigenvalue weighted by Gasteiger charge is 2.36. The van der Waals surface area contributed by atoms with Gasteiger partial charge in [-0.25, -0.2) is 0 Å². The lowest BCUT2D eigenvalue weighted by Gasteiger charge is -2.26. The van der Waals surface area contributed by atoms with E-state index in [-0.39, 0.29) is 25.0 Å². The molecule has 2 amide bonds. The lowest BCUT2D eigenvalue weighted by atomic mass is 10.1. The van der Waals surface area contributed by atoms with Crippen molar-refractivity contribution >= 4 is 11.8 Å².